The van der Waals surface area contributed by atoms with Gasteiger partial charge in [0.1, 0.15) is 5.76 Å². The molecule has 0 radical (unpaired) electrons. The normalized spacial score (nSPS) is 22.5. The number of carbonyl (C=O) groups is 2. The summed E-state index contributed by atoms with van der Waals surface area (Å²) in [4.78, 5) is 46.0. The van der Waals surface area contributed by atoms with E-state index in [-0.39, 0.29) is 11.5 Å². The number of nitrogens with zero attached hydrogens (tertiary/aromatic N) is 5. The largest absolute Gasteiger partial charge is 0.480 e. The molecule has 6 rings (SSSR count). The summed E-state index contributed by atoms with van der Waals surface area (Å²) in [5.41, 5.74) is 1.98. The van der Waals surface area contributed by atoms with Gasteiger partial charge in [0.25, 0.3) is 0 Å². The Morgan fingerprint density at radius 2 is 1.75 bits per heavy atom. The van der Waals surface area contributed by atoms with Crippen LogP contribution < -0.4 is 10.5 Å². The van der Waals surface area contributed by atoms with E-state index >= 15 is 0 Å². The number of pyridine rings is 1. The quantitative estimate of drug-likeness (QED) is 0.411. The van der Waals surface area contributed by atoms with Gasteiger partial charge in [0.2, 0.25) is 11.5 Å². The molecule has 1 amide bonds. The summed E-state index contributed by atoms with van der Waals surface area (Å²) < 4.78 is 3.24. The molecule has 0 bridgehead atoms. The highest BCUT2D eigenvalue weighted by Gasteiger charge is 2.60. The number of fused-ring (bicyclic) bond motifs is 1. The molecule has 2 aliphatic heterocycles. The standard InChI is InChI=1S/C30H29N5O5/c1-18-14-24(28(37)38)35(40-18)27-26(19-8-6-5-7-9-19)33(29(39)30(27,2)3)21-10-12-23-20(15-21)16-31-34(23)22-11-13-25(36)32(4)17-22/h5-17,24,26-27H,1-4H3,(H,37,38)/t24?,26-,27-/m1/s1. The van der Waals surface area contributed by atoms with Gasteiger partial charge >= 0.3 is 5.97 Å². The van der Waals surface area contributed by atoms with Gasteiger partial charge in [-0.05, 0) is 56.7 Å². The Bertz CT molecular complexity index is 1740. The van der Waals surface area contributed by atoms with Gasteiger partial charge in [-0.2, -0.15) is 5.10 Å². The van der Waals surface area contributed by atoms with Gasteiger partial charge in [0.15, 0.2) is 6.04 Å². The van der Waals surface area contributed by atoms with Crippen LogP contribution in [0, 0.1) is 5.41 Å². The van der Waals surface area contributed by atoms with Crippen LogP contribution in [-0.4, -0.2) is 48.5 Å². The molecule has 204 valence electrons. The van der Waals surface area contributed by atoms with Crippen LogP contribution in [0.2, 0.25) is 0 Å². The molecule has 2 aromatic carbocycles. The van der Waals surface area contributed by atoms with Crippen molar-refractivity contribution in [2.45, 2.75) is 38.9 Å². The zero-order valence-corrected chi connectivity index (χ0v) is 22.6. The Morgan fingerprint density at radius 1 is 1.02 bits per heavy atom. The SMILES string of the molecule is CC1=CC(C(=O)O)N([C@@H]2[C@@H](c3ccccc3)N(c3ccc4c(cnn4-c4ccc(=O)n(C)c4)c3)C(=O)C2(C)C)O1. The van der Waals surface area contributed by atoms with Gasteiger partial charge in [-0.15, -0.1) is 5.06 Å². The molecule has 10 heteroatoms. The number of aliphatic carboxylic acids is 1. The molecule has 1 unspecified atom stereocenters. The summed E-state index contributed by atoms with van der Waals surface area (Å²) in [7, 11) is 1.69. The topological polar surface area (TPSA) is 110 Å². The molecule has 2 aliphatic rings. The van der Waals surface area contributed by atoms with Gasteiger partial charge in [0, 0.05) is 30.4 Å². The monoisotopic (exact) mass is 539 g/mol. The van der Waals surface area contributed by atoms with Crippen molar-refractivity contribution in [2.24, 2.45) is 12.5 Å². The molecule has 2 aromatic heterocycles. The lowest BCUT2D eigenvalue weighted by Crippen LogP contribution is -2.50. The summed E-state index contributed by atoms with van der Waals surface area (Å²) in [5.74, 6) is -0.709. The number of carbonyl (C=O) groups excluding carboxylic acids is 1. The van der Waals surface area contributed by atoms with Gasteiger partial charge in [0.05, 0.1) is 34.9 Å². The maximum Gasteiger partial charge on any atom is 0.328 e. The molecule has 1 fully saturated rings. The van der Waals surface area contributed by atoms with Crippen molar-refractivity contribution in [3.63, 3.8) is 0 Å². The van der Waals surface area contributed by atoms with E-state index in [9.17, 15) is 19.5 Å². The summed E-state index contributed by atoms with van der Waals surface area (Å²) in [5, 5.41) is 16.8. The fourth-order valence-corrected chi connectivity index (χ4v) is 5.86. The highest BCUT2D eigenvalue weighted by molar-refractivity contribution is 6.03. The van der Waals surface area contributed by atoms with E-state index in [2.05, 4.69) is 5.10 Å². The van der Waals surface area contributed by atoms with Crippen molar-refractivity contribution < 1.29 is 19.5 Å². The zero-order chi connectivity index (χ0) is 28.3. The van der Waals surface area contributed by atoms with Crippen LogP contribution in [0.1, 0.15) is 32.4 Å². The van der Waals surface area contributed by atoms with Crippen LogP contribution in [0.25, 0.3) is 16.6 Å². The Labute approximate surface area is 230 Å². The molecule has 4 heterocycles. The third kappa shape index (κ3) is 3.91. The van der Waals surface area contributed by atoms with Gasteiger partial charge in [-0.25, -0.2) is 4.68 Å². The Morgan fingerprint density at radius 3 is 2.45 bits per heavy atom. The first-order chi connectivity index (χ1) is 19.1. The lowest BCUT2D eigenvalue weighted by Gasteiger charge is -2.37. The van der Waals surface area contributed by atoms with Gasteiger partial charge in [-0.3, -0.25) is 14.4 Å². The second-order valence-corrected chi connectivity index (χ2v) is 10.8. The number of hydroxylamine groups is 2. The lowest BCUT2D eigenvalue weighted by atomic mass is 9.81. The van der Waals surface area contributed by atoms with E-state index in [1.165, 1.54) is 15.7 Å². The number of rotatable bonds is 5. The van der Waals surface area contributed by atoms with Crippen molar-refractivity contribution in [1.29, 1.82) is 0 Å². The molecule has 10 nitrogen and oxygen atoms in total. The highest BCUT2D eigenvalue weighted by Crippen LogP contribution is 2.50. The Kier molecular flexibility index (Phi) is 5.88. The fraction of sp³-hybridized carbons (Fsp3) is 0.267. The van der Waals surface area contributed by atoms with Crippen molar-refractivity contribution in [3.8, 4) is 5.69 Å². The molecular weight excluding hydrogens is 510 g/mol. The second-order valence-electron chi connectivity index (χ2n) is 10.8. The number of hydrogen-bond donors (Lipinski definition) is 1. The van der Waals surface area contributed by atoms with Crippen molar-refractivity contribution in [1.82, 2.24) is 19.4 Å². The minimum atomic E-state index is -1.04. The molecule has 4 aromatic rings. The summed E-state index contributed by atoms with van der Waals surface area (Å²) in [6.07, 6.45) is 5.01. The first-order valence-electron chi connectivity index (χ1n) is 13.0. The maximum absolute atomic E-state index is 14.2. The Hall–Kier alpha value is -4.70. The summed E-state index contributed by atoms with van der Waals surface area (Å²) >= 11 is 0. The summed E-state index contributed by atoms with van der Waals surface area (Å²) in [6, 6.07) is 16.3. The van der Waals surface area contributed by atoms with Crippen LogP contribution in [0.15, 0.2) is 89.7 Å². The van der Waals surface area contributed by atoms with Crippen LogP contribution in [0.3, 0.4) is 0 Å². The second kappa shape index (κ2) is 9.20. The molecule has 0 saturated carbocycles. The van der Waals surface area contributed by atoms with Crippen LogP contribution in [-0.2, 0) is 21.5 Å². The predicted molar refractivity (Wildman–Crippen MR) is 149 cm³/mol. The minimum Gasteiger partial charge on any atom is -0.480 e. The van der Waals surface area contributed by atoms with Gasteiger partial charge in [-0.1, -0.05) is 30.3 Å². The molecule has 1 saturated heterocycles. The fourth-order valence-electron chi connectivity index (χ4n) is 5.86. The Balaban J connectivity index is 1.47. The van der Waals surface area contributed by atoms with E-state index in [0.717, 1.165) is 22.2 Å². The molecule has 3 atom stereocenters. The molecule has 0 aliphatic carbocycles. The maximum atomic E-state index is 14.2. The molecule has 1 N–H and O–H groups in total. The number of amides is 1. The number of anilines is 1. The van der Waals surface area contributed by atoms with Crippen molar-refractivity contribution in [2.75, 3.05) is 4.90 Å². The number of allylic oxidation sites excluding steroid dienone is 1. The smallest absolute Gasteiger partial charge is 0.328 e. The van der Waals surface area contributed by atoms with E-state index in [4.69, 9.17) is 4.84 Å². The van der Waals surface area contributed by atoms with E-state index in [0.29, 0.717) is 11.4 Å². The molecule has 40 heavy (non-hydrogen) atoms. The highest BCUT2D eigenvalue weighted by atomic mass is 16.7. The predicted octanol–water partition coefficient (Wildman–Crippen LogP) is 3.81. The van der Waals surface area contributed by atoms with Crippen LogP contribution in [0.4, 0.5) is 5.69 Å². The minimum absolute atomic E-state index is 0.114. The van der Waals surface area contributed by atoms with Crippen LogP contribution >= 0.6 is 0 Å². The van der Waals surface area contributed by atoms with Crippen molar-refractivity contribution >= 4 is 28.5 Å². The van der Waals surface area contributed by atoms with E-state index < -0.39 is 29.5 Å². The third-order valence-electron chi connectivity index (χ3n) is 7.82. The average Bonchev–Trinajstić information content (AvgIpc) is 3.58. The van der Waals surface area contributed by atoms with Crippen molar-refractivity contribution in [3.05, 3.63) is 101 Å². The first kappa shape index (κ1) is 25.6. The average molecular weight is 540 g/mol. The van der Waals surface area contributed by atoms with E-state index in [1.54, 1.807) is 48.1 Å². The number of aromatic nitrogens is 3. The number of aryl methyl sites for hydroxylation is 1. The van der Waals surface area contributed by atoms with Crippen LogP contribution in [0.5, 0.6) is 0 Å². The number of benzene rings is 2. The third-order valence-corrected chi connectivity index (χ3v) is 7.82. The molecular formula is C30H29N5O5. The first-order valence-corrected chi connectivity index (χ1v) is 13.0. The zero-order valence-electron chi connectivity index (χ0n) is 22.6. The van der Waals surface area contributed by atoms with Gasteiger partial charge < -0.3 is 19.4 Å². The number of carboxylic acids is 1. The lowest BCUT2D eigenvalue weighted by molar-refractivity contribution is -0.188. The molecule has 0 spiro atoms. The number of hydrogen-bond acceptors (Lipinski definition) is 6. The summed E-state index contributed by atoms with van der Waals surface area (Å²) in [6.45, 7) is 5.38. The van der Waals surface area contributed by atoms with E-state index in [1.807, 2.05) is 62.4 Å². The number of carboxylic acid groups (broad SMARTS) is 1.